The highest BCUT2D eigenvalue weighted by Crippen LogP contribution is 2.36. The summed E-state index contributed by atoms with van der Waals surface area (Å²) in [6.07, 6.45) is 18.3. The molecule has 0 spiro atoms. The van der Waals surface area contributed by atoms with E-state index in [1.54, 1.807) is 73.6 Å². The summed E-state index contributed by atoms with van der Waals surface area (Å²) in [4.78, 5) is 49.6. The molecule has 52 heavy (non-hydrogen) atoms. The first-order chi connectivity index (χ1) is 25.4. The number of rotatable bonds is 6. The average Bonchev–Trinajstić information content (AvgIpc) is 4.00. The molecule has 0 unspecified atom stereocenters. The van der Waals surface area contributed by atoms with E-state index in [1.807, 2.05) is 70.1 Å². The Balaban J connectivity index is 1.43. The molecular formula is C40H26N8O4. The van der Waals surface area contributed by atoms with Crippen LogP contribution in [0.15, 0.2) is 110 Å². The fraction of sp³-hybridized carbons (Fsp3) is 0. The lowest BCUT2D eigenvalue weighted by atomic mass is 10.0. The quantitative estimate of drug-likeness (QED) is 0.138. The first kappa shape index (κ1) is 30.5. The second-order valence-electron chi connectivity index (χ2n) is 12.2. The number of hydrogen-bond donors (Lipinski definition) is 4. The summed E-state index contributed by atoms with van der Waals surface area (Å²) < 4.78 is 3.79. The Hall–Kier alpha value is -7.60. The Morgan fingerprint density at radius 2 is 0.885 bits per heavy atom. The molecule has 9 rings (SSSR count). The van der Waals surface area contributed by atoms with Crippen LogP contribution in [-0.2, 0) is 0 Å². The summed E-state index contributed by atoms with van der Waals surface area (Å²) in [6, 6.07) is 21.4. The monoisotopic (exact) mass is 682 g/mol. The van der Waals surface area contributed by atoms with Gasteiger partial charge in [-0.15, -0.1) is 0 Å². The minimum Gasteiger partial charge on any atom is -0.478 e. The average molecular weight is 683 g/mol. The van der Waals surface area contributed by atoms with Crippen LogP contribution >= 0.6 is 0 Å². The van der Waals surface area contributed by atoms with Gasteiger partial charge in [-0.1, -0.05) is 24.3 Å². The molecule has 2 aliphatic heterocycles. The lowest BCUT2D eigenvalue weighted by Crippen LogP contribution is -1.97. The van der Waals surface area contributed by atoms with Crippen LogP contribution in [0.25, 0.3) is 80.0 Å². The summed E-state index contributed by atoms with van der Waals surface area (Å²) >= 11 is 0. The van der Waals surface area contributed by atoms with Crippen molar-refractivity contribution in [3.05, 3.63) is 144 Å². The van der Waals surface area contributed by atoms with Crippen LogP contribution in [0.5, 0.6) is 0 Å². The van der Waals surface area contributed by atoms with Gasteiger partial charge in [0.2, 0.25) is 0 Å². The minimum absolute atomic E-state index is 0.182. The van der Waals surface area contributed by atoms with Gasteiger partial charge in [-0.05, 0) is 84.0 Å². The molecule has 12 nitrogen and oxygen atoms in total. The van der Waals surface area contributed by atoms with Crippen LogP contribution < -0.4 is 0 Å². The van der Waals surface area contributed by atoms with Crippen LogP contribution in [0, 0.1) is 0 Å². The highest BCUT2D eigenvalue weighted by Gasteiger charge is 2.19. The third-order valence-corrected chi connectivity index (χ3v) is 9.06. The molecule has 0 radical (unpaired) electrons. The molecule has 0 saturated heterocycles. The van der Waals surface area contributed by atoms with E-state index in [1.165, 1.54) is 0 Å². The highest BCUT2D eigenvalue weighted by atomic mass is 16.4. The second-order valence-corrected chi connectivity index (χ2v) is 12.2. The molecule has 2 aromatic carbocycles. The number of hydrogen-bond acceptors (Lipinski definition) is 6. The largest absolute Gasteiger partial charge is 0.478 e. The van der Waals surface area contributed by atoms with Crippen molar-refractivity contribution >= 4 is 58.3 Å². The molecule has 0 fully saturated rings. The molecule has 8 bridgehead atoms. The molecule has 250 valence electrons. The van der Waals surface area contributed by atoms with E-state index in [4.69, 9.17) is 9.97 Å². The third-order valence-electron chi connectivity index (χ3n) is 9.06. The molecule has 7 heterocycles. The molecule has 0 saturated carbocycles. The van der Waals surface area contributed by atoms with Crippen molar-refractivity contribution < 1.29 is 19.8 Å². The zero-order valence-electron chi connectivity index (χ0n) is 27.1. The maximum absolute atomic E-state index is 11.7. The first-order valence-electron chi connectivity index (χ1n) is 16.2. The van der Waals surface area contributed by atoms with Crippen molar-refractivity contribution in [2.24, 2.45) is 0 Å². The zero-order valence-corrected chi connectivity index (χ0v) is 27.1. The molecule has 2 aliphatic rings. The van der Waals surface area contributed by atoms with E-state index in [0.717, 1.165) is 55.7 Å². The Morgan fingerprint density at radius 3 is 1.25 bits per heavy atom. The second kappa shape index (κ2) is 12.1. The van der Waals surface area contributed by atoms with Gasteiger partial charge >= 0.3 is 11.9 Å². The smallest absolute Gasteiger partial charge is 0.335 e. The lowest BCUT2D eigenvalue weighted by Gasteiger charge is -2.07. The topological polar surface area (TPSA) is 168 Å². The number of aromatic amines is 2. The number of fused-ring (bicyclic) bond motifs is 8. The van der Waals surface area contributed by atoms with E-state index >= 15 is 0 Å². The summed E-state index contributed by atoms with van der Waals surface area (Å²) in [5, 5.41) is 19.2. The van der Waals surface area contributed by atoms with Crippen molar-refractivity contribution in [3.63, 3.8) is 0 Å². The Morgan fingerprint density at radius 1 is 0.500 bits per heavy atom. The molecule has 5 aromatic heterocycles. The van der Waals surface area contributed by atoms with Crippen molar-refractivity contribution in [1.29, 1.82) is 0 Å². The van der Waals surface area contributed by atoms with Crippen LogP contribution in [0.4, 0.5) is 0 Å². The van der Waals surface area contributed by atoms with Gasteiger partial charge in [0.05, 0.1) is 69.0 Å². The lowest BCUT2D eigenvalue weighted by molar-refractivity contribution is 0.0686. The number of nitrogens with zero attached hydrogens (tertiary/aromatic N) is 6. The summed E-state index contributed by atoms with van der Waals surface area (Å²) in [5.41, 5.74) is 10.7. The minimum atomic E-state index is -1.01. The standard InChI is InChI=1S/C40H26N8O4/c49-39(50)25-5-1-23(2-6-25)35-27-9-13-31(43-27)37(47-19-17-41-21-47)33-15-11-29(45-33)36(24-3-7-26(8-4-24)40(51)52)30-12-16-34(46-30)38(48-20-18-42-22-48)32-14-10-28(35)44-32/h1-22,43,46H,(H,49,50)(H,51,52). The zero-order chi connectivity index (χ0) is 35.3. The number of H-pyrrole nitrogens is 2. The normalized spacial score (nSPS) is 12.0. The third kappa shape index (κ3) is 5.18. The number of aromatic nitrogens is 8. The number of nitrogens with one attached hydrogen (secondary N) is 2. The van der Waals surface area contributed by atoms with Gasteiger partial charge in [-0.2, -0.15) is 0 Å². The number of carboxylic acids is 2. The molecule has 0 amide bonds. The van der Waals surface area contributed by atoms with E-state index in [-0.39, 0.29) is 11.1 Å². The van der Waals surface area contributed by atoms with Crippen molar-refractivity contribution in [3.8, 4) is 33.6 Å². The number of carbonyl (C=O) groups is 2. The molecular weight excluding hydrogens is 656 g/mol. The van der Waals surface area contributed by atoms with Gasteiger partial charge in [-0.3, -0.25) is 0 Å². The Kier molecular flexibility index (Phi) is 7.07. The Labute approximate surface area is 294 Å². The highest BCUT2D eigenvalue weighted by molar-refractivity contribution is 5.97. The van der Waals surface area contributed by atoms with Gasteiger partial charge in [0.25, 0.3) is 0 Å². The van der Waals surface area contributed by atoms with Crippen molar-refractivity contribution in [1.82, 2.24) is 39.0 Å². The number of carboxylic acid groups (broad SMARTS) is 2. The van der Waals surface area contributed by atoms with Gasteiger partial charge < -0.3 is 29.3 Å². The molecule has 7 aromatic rings. The van der Waals surface area contributed by atoms with Crippen LogP contribution in [0.2, 0.25) is 0 Å². The van der Waals surface area contributed by atoms with Gasteiger partial charge in [0.1, 0.15) is 0 Å². The van der Waals surface area contributed by atoms with E-state index in [2.05, 4.69) is 19.9 Å². The van der Waals surface area contributed by atoms with E-state index in [9.17, 15) is 19.8 Å². The maximum Gasteiger partial charge on any atom is 0.335 e. The van der Waals surface area contributed by atoms with Crippen molar-refractivity contribution in [2.45, 2.75) is 0 Å². The summed E-state index contributed by atoms with van der Waals surface area (Å²) in [7, 11) is 0. The molecule has 12 heteroatoms. The van der Waals surface area contributed by atoms with Crippen LogP contribution in [0.1, 0.15) is 43.5 Å². The summed E-state index contributed by atoms with van der Waals surface area (Å²) in [5.74, 6) is -2.01. The number of aromatic carboxylic acids is 2. The predicted octanol–water partition coefficient (Wildman–Crippen LogP) is 7.76. The fourth-order valence-electron chi connectivity index (χ4n) is 6.67. The molecule has 0 atom stereocenters. The maximum atomic E-state index is 11.7. The molecule has 0 aliphatic carbocycles. The van der Waals surface area contributed by atoms with Gasteiger partial charge in [0, 0.05) is 46.9 Å². The number of imidazole rings is 2. The summed E-state index contributed by atoms with van der Waals surface area (Å²) in [6.45, 7) is 0. The van der Waals surface area contributed by atoms with E-state index in [0.29, 0.717) is 22.8 Å². The predicted molar refractivity (Wildman–Crippen MR) is 198 cm³/mol. The van der Waals surface area contributed by atoms with E-state index < -0.39 is 11.9 Å². The Bertz CT molecular complexity index is 2580. The van der Waals surface area contributed by atoms with Gasteiger partial charge in [0.15, 0.2) is 0 Å². The molecule has 4 N–H and O–H groups in total. The van der Waals surface area contributed by atoms with Crippen LogP contribution in [-0.4, -0.2) is 61.2 Å². The fourth-order valence-corrected chi connectivity index (χ4v) is 6.67. The number of benzene rings is 2. The van der Waals surface area contributed by atoms with Crippen LogP contribution in [0.3, 0.4) is 0 Å². The first-order valence-corrected chi connectivity index (χ1v) is 16.2. The van der Waals surface area contributed by atoms with Gasteiger partial charge in [-0.25, -0.2) is 29.5 Å². The SMILES string of the molecule is O=C(O)c1ccc(-c2c3nc(c(-n4ccnc4)c4ccc([nH]4)c(-c4ccc(C(=O)O)cc4)c4nc(c(-n5ccnc5)c5ccc2[nH]5)C=C4)C=C3)cc1. The van der Waals surface area contributed by atoms with Crippen molar-refractivity contribution in [2.75, 3.05) is 0 Å².